The lowest BCUT2D eigenvalue weighted by Crippen LogP contribution is -2.46. The lowest BCUT2D eigenvalue weighted by Gasteiger charge is -2.17. The van der Waals surface area contributed by atoms with Crippen molar-refractivity contribution in [2.45, 2.75) is 44.7 Å². The van der Waals surface area contributed by atoms with Crippen LogP contribution in [-0.4, -0.2) is 31.1 Å². The fourth-order valence-electron chi connectivity index (χ4n) is 2.45. The van der Waals surface area contributed by atoms with Crippen molar-refractivity contribution < 1.29 is 9.53 Å². The van der Waals surface area contributed by atoms with Crippen LogP contribution in [0.2, 0.25) is 0 Å². The molecule has 4 heteroatoms. The molecule has 4 nitrogen and oxygen atoms in total. The normalized spacial score (nSPS) is 16.9. The second-order valence-corrected chi connectivity index (χ2v) is 5.33. The molecule has 1 amide bonds. The maximum atomic E-state index is 11.9. The molecule has 1 saturated carbocycles. The van der Waals surface area contributed by atoms with Crippen LogP contribution < -0.4 is 15.4 Å². The molecule has 110 valence electrons. The van der Waals surface area contributed by atoms with Crippen molar-refractivity contribution in [3.05, 3.63) is 30.3 Å². The van der Waals surface area contributed by atoms with E-state index in [1.807, 2.05) is 37.3 Å². The lowest BCUT2D eigenvalue weighted by molar-refractivity contribution is -0.123. The molecular formula is C16H24N2O2. The monoisotopic (exact) mass is 276 g/mol. The van der Waals surface area contributed by atoms with Gasteiger partial charge in [0.25, 0.3) is 0 Å². The first-order valence-electron chi connectivity index (χ1n) is 7.47. The zero-order valence-electron chi connectivity index (χ0n) is 12.1. The van der Waals surface area contributed by atoms with E-state index in [0.717, 1.165) is 18.6 Å². The average molecular weight is 276 g/mol. The number of carbonyl (C=O) groups is 1. The third-order valence-corrected chi connectivity index (χ3v) is 3.66. The third-order valence-electron chi connectivity index (χ3n) is 3.66. The van der Waals surface area contributed by atoms with Crippen LogP contribution >= 0.6 is 0 Å². The van der Waals surface area contributed by atoms with E-state index in [2.05, 4.69) is 10.6 Å². The van der Waals surface area contributed by atoms with E-state index in [4.69, 9.17) is 4.74 Å². The van der Waals surface area contributed by atoms with Crippen LogP contribution in [0.1, 0.15) is 32.6 Å². The predicted molar refractivity (Wildman–Crippen MR) is 79.8 cm³/mol. The molecule has 2 rings (SSSR count). The van der Waals surface area contributed by atoms with E-state index in [9.17, 15) is 4.79 Å². The molecule has 0 spiro atoms. The highest BCUT2D eigenvalue weighted by molar-refractivity contribution is 5.81. The summed E-state index contributed by atoms with van der Waals surface area (Å²) in [5, 5.41) is 6.28. The van der Waals surface area contributed by atoms with Crippen molar-refractivity contribution in [2.75, 3.05) is 13.2 Å². The summed E-state index contributed by atoms with van der Waals surface area (Å²) < 4.78 is 5.58. The Morgan fingerprint density at radius 3 is 2.70 bits per heavy atom. The Balaban J connectivity index is 1.59. The standard InChI is InChI=1S/C16H24N2O2/c1-13(16(19)18-14-7-5-6-8-14)17-11-12-20-15-9-3-2-4-10-15/h2-4,9-10,13-14,17H,5-8,11-12H2,1H3,(H,18,19). The maximum absolute atomic E-state index is 11.9. The minimum Gasteiger partial charge on any atom is -0.492 e. The van der Waals surface area contributed by atoms with E-state index >= 15 is 0 Å². The number of nitrogens with one attached hydrogen (secondary N) is 2. The number of ether oxygens (including phenoxy) is 1. The Hall–Kier alpha value is -1.55. The van der Waals surface area contributed by atoms with Crippen molar-refractivity contribution in [3.8, 4) is 5.75 Å². The molecule has 20 heavy (non-hydrogen) atoms. The van der Waals surface area contributed by atoms with Gasteiger partial charge >= 0.3 is 0 Å². The van der Waals surface area contributed by atoms with E-state index in [-0.39, 0.29) is 11.9 Å². The summed E-state index contributed by atoms with van der Waals surface area (Å²) in [6.45, 7) is 3.12. The predicted octanol–water partition coefficient (Wildman–Crippen LogP) is 2.10. The molecule has 1 atom stereocenters. The fraction of sp³-hybridized carbons (Fsp3) is 0.562. The number of hydrogen-bond acceptors (Lipinski definition) is 3. The van der Waals surface area contributed by atoms with Crippen molar-refractivity contribution in [1.82, 2.24) is 10.6 Å². The Morgan fingerprint density at radius 2 is 2.00 bits per heavy atom. The van der Waals surface area contributed by atoms with Crippen LogP contribution in [0.4, 0.5) is 0 Å². The highest BCUT2D eigenvalue weighted by atomic mass is 16.5. The number of benzene rings is 1. The molecule has 1 aromatic carbocycles. The van der Waals surface area contributed by atoms with Crippen molar-refractivity contribution >= 4 is 5.91 Å². The van der Waals surface area contributed by atoms with Gasteiger partial charge in [-0.25, -0.2) is 0 Å². The summed E-state index contributed by atoms with van der Waals surface area (Å²) in [4.78, 5) is 11.9. The van der Waals surface area contributed by atoms with Gasteiger partial charge in [0.05, 0.1) is 6.04 Å². The van der Waals surface area contributed by atoms with Gasteiger partial charge in [0, 0.05) is 12.6 Å². The van der Waals surface area contributed by atoms with Gasteiger partial charge in [-0.15, -0.1) is 0 Å². The molecule has 0 aliphatic heterocycles. The molecular weight excluding hydrogens is 252 g/mol. The largest absolute Gasteiger partial charge is 0.492 e. The van der Waals surface area contributed by atoms with Gasteiger partial charge in [0.15, 0.2) is 0 Å². The summed E-state index contributed by atoms with van der Waals surface area (Å²) in [6.07, 6.45) is 4.71. The Kier molecular flexibility index (Phi) is 5.87. The molecule has 1 fully saturated rings. The number of amides is 1. The number of hydrogen-bond donors (Lipinski definition) is 2. The van der Waals surface area contributed by atoms with Gasteiger partial charge in [0.2, 0.25) is 5.91 Å². The Morgan fingerprint density at radius 1 is 1.30 bits per heavy atom. The van der Waals surface area contributed by atoms with Crippen LogP contribution in [-0.2, 0) is 4.79 Å². The number of para-hydroxylation sites is 1. The van der Waals surface area contributed by atoms with Crippen molar-refractivity contribution in [1.29, 1.82) is 0 Å². The van der Waals surface area contributed by atoms with E-state index in [1.54, 1.807) is 0 Å². The molecule has 0 heterocycles. The molecule has 1 aliphatic carbocycles. The van der Waals surface area contributed by atoms with E-state index < -0.39 is 0 Å². The molecule has 0 aromatic heterocycles. The molecule has 1 aliphatic rings. The van der Waals surface area contributed by atoms with Gasteiger partial charge in [-0.05, 0) is 31.9 Å². The van der Waals surface area contributed by atoms with E-state index in [1.165, 1.54) is 12.8 Å². The molecule has 1 unspecified atom stereocenters. The van der Waals surface area contributed by atoms with Crippen LogP contribution in [0.5, 0.6) is 5.75 Å². The van der Waals surface area contributed by atoms with Crippen LogP contribution in [0, 0.1) is 0 Å². The zero-order chi connectivity index (χ0) is 14.2. The Labute approximate surface area is 120 Å². The van der Waals surface area contributed by atoms with Gasteiger partial charge in [0.1, 0.15) is 12.4 Å². The molecule has 0 bridgehead atoms. The first kappa shape index (κ1) is 14.9. The minimum absolute atomic E-state index is 0.0941. The lowest BCUT2D eigenvalue weighted by atomic mass is 10.2. The summed E-state index contributed by atoms with van der Waals surface area (Å²) in [7, 11) is 0. The second-order valence-electron chi connectivity index (χ2n) is 5.33. The van der Waals surface area contributed by atoms with Crippen LogP contribution in [0.3, 0.4) is 0 Å². The van der Waals surface area contributed by atoms with Gasteiger partial charge < -0.3 is 15.4 Å². The molecule has 2 N–H and O–H groups in total. The zero-order valence-corrected chi connectivity index (χ0v) is 12.1. The summed E-state index contributed by atoms with van der Waals surface area (Å²) >= 11 is 0. The summed E-state index contributed by atoms with van der Waals surface area (Å²) in [5.74, 6) is 0.953. The van der Waals surface area contributed by atoms with Crippen LogP contribution in [0.15, 0.2) is 30.3 Å². The number of rotatable bonds is 7. The number of carbonyl (C=O) groups excluding carboxylic acids is 1. The Bertz CT molecular complexity index is 402. The first-order chi connectivity index (χ1) is 9.75. The van der Waals surface area contributed by atoms with E-state index in [0.29, 0.717) is 19.2 Å². The van der Waals surface area contributed by atoms with Gasteiger partial charge in [-0.3, -0.25) is 4.79 Å². The summed E-state index contributed by atoms with van der Waals surface area (Å²) in [6, 6.07) is 9.91. The molecule has 1 aromatic rings. The van der Waals surface area contributed by atoms with Crippen molar-refractivity contribution in [2.24, 2.45) is 0 Å². The average Bonchev–Trinajstić information content (AvgIpc) is 2.97. The maximum Gasteiger partial charge on any atom is 0.237 e. The second kappa shape index (κ2) is 7.90. The van der Waals surface area contributed by atoms with Crippen molar-refractivity contribution in [3.63, 3.8) is 0 Å². The van der Waals surface area contributed by atoms with Gasteiger partial charge in [-0.2, -0.15) is 0 Å². The SMILES string of the molecule is CC(NCCOc1ccccc1)C(=O)NC1CCCC1. The quantitative estimate of drug-likeness (QED) is 0.750. The van der Waals surface area contributed by atoms with Gasteiger partial charge in [-0.1, -0.05) is 31.0 Å². The highest BCUT2D eigenvalue weighted by Crippen LogP contribution is 2.17. The topological polar surface area (TPSA) is 50.4 Å². The third kappa shape index (κ3) is 4.85. The molecule has 0 saturated heterocycles. The van der Waals surface area contributed by atoms with Crippen LogP contribution in [0.25, 0.3) is 0 Å². The summed E-state index contributed by atoms with van der Waals surface area (Å²) in [5.41, 5.74) is 0. The fourth-order valence-corrected chi connectivity index (χ4v) is 2.45. The first-order valence-corrected chi connectivity index (χ1v) is 7.47. The smallest absolute Gasteiger partial charge is 0.237 e. The minimum atomic E-state index is -0.171. The highest BCUT2D eigenvalue weighted by Gasteiger charge is 2.19. The molecule has 0 radical (unpaired) electrons.